The highest BCUT2D eigenvalue weighted by Crippen LogP contribution is 2.38. The van der Waals surface area contributed by atoms with Crippen molar-refractivity contribution in [1.29, 1.82) is 0 Å². The minimum Gasteiger partial charge on any atom is -0.368 e. The fraction of sp³-hybridized carbons (Fsp3) is 1.00. The highest BCUT2D eigenvalue weighted by atomic mass is 32.2. The van der Waals surface area contributed by atoms with Gasteiger partial charge in [-0.15, -0.1) is 0 Å². The third-order valence-corrected chi connectivity index (χ3v) is 6.53. The molecule has 0 aromatic heterocycles. The molecule has 0 radical (unpaired) electrons. The van der Waals surface area contributed by atoms with Crippen molar-refractivity contribution in [1.82, 2.24) is 5.32 Å². The second-order valence-corrected chi connectivity index (χ2v) is 9.55. The first kappa shape index (κ1) is 16.4. The fourth-order valence-electron chi connectivity index (χ4n) is 3.88. The molecule has 3 nitrogen and oxygen atoms in total. The SMILES string of the molecule is CCS(=O)C1CCCC(NC2CC(C)(C)OC2(C)C)C1. The van der Waals surface area contributed by atoms with Crippen molar-refractivity contribution >= 4 is 10.8 Å². The van der Waals surface area contributed by atoms with Gasteiger partial charge in [0.15, 0.2) is 0 Å². The number of hydrogen-bond donors (Lipinski definition) is 1. The number of hydrogen-bond acceptors (Lipinski definition) is 3. The minimum atomic E-state index is -0.643. The van der Waals surface area contributed by atoms with E-state index in [0.717, 1.165) is 25.0 Å². The Labute approximate surface area is 126 Å². The van der Waals surface area contributed by atoms with E-state index < -0.39 is 10.8 Å². The summed E-state index contributed by atoms with van der Waals surface area (Å²) < 4.78 is 18.2. The Morgan fingerprint density at radius 3 is 2.50 bits per heavy atom. The van der Waals surface area contributed by atoms with Gasteiger partial charge in [0.1, 0.15) is 0 Å². The summed E-state index contributed by atoms with van der Waals surface area (Å²) >= 11 is 0. The molecule has 1 aliphatic heterocycles. The molecule has 20 heavy (non-hydrogen) atoms. The summed E-state index contributed by atoms with van der Waals surface area (Å²) in [6.07, 6.45) is 5.66. The third-order valence-electron chi connectivity index (χ3n) is 4.79. The van der Waals surface area contributed by atoms with Gasteiger partial charge in [-0.25, -0.2) is 0 Å². The van der Waals surface area contributed by atoms with Gasteiger partial charge in [-0.05, 0) is 53.4 Å². The van der Waals surface area contributed by atoms with E-state index >= 15 is 0 Å². The Bertz CT molecular complexity index is 367. The second kappa shape index (κ2) is 6.05. The highest BCUT2D eigenvalue weighted by Gasteiger charge is 2.46. The molecule has 1 N–H and O–H groups in total. The molecule has 0 amide bonds. The summed E-state index contributed by atoms with van der Waals surface area (Å²) in [5, 5.41) is 4.21. The number of ether oxygens (including phenoxy) is 1. The van der Waals surface area contributed by atoms with Crippen LogP contribution in [-0.2, 0) is 15.5 Å². The summed E-state index contributed by atoms with van der Waals surface area (Å²) in [6, 6.07) is 0.905. The van der Waals surface area contributed by atoms with Gasteiger partial charge in [0, 0.05) is 33.9 Å². The van der Waals surface area contributed by atoms with Gasteiger partial charge in [0.05, 0.1) is 11.2 Å². The van der Waals surface area contributed by atoms with Gasteiger partial charge in [0.25, 0.3) is 0 Å². The molecular weight excluding hydrogens is 270 g/mol. The topological polar surface area (TPSA) is 38.3 Å². The van der Waals surface area contributed by atoms with Crippen LogP contribution in [0.15, 0.2) is 0 Å². The van der Waals surface area contributed by atoms with Crippen molar-refractivity contribution in [3.8, 4) is 0 Å². The summed E-state index contributed by atoms with van der Waals surface area (Å²) in [7, 11) is -0.643. The lowest BCUT2D eigenvalue weighted by Crippen LogP contribution is -2.50. The average molecular weight is 301 g/mol. The molecular formula is C16H31NO2S. The predicted octanol–water partition coefficient (Wildman–Crippen LogP) is 3.00. The lowest BCUT2D eigenvalue weighted by atomic mass is 9.90. The van der Waals surface area contributed by atoms with E-state index in [1.165, 1.54) is 12.8 Å². The van der Waals surface area contributed by atoms with Crippen LogP contribution >= 0.6 is 0 Å². The largest absolute Gasteiger partial charge is 0.368 e. The minimum absolute atomic E-state index is 0.0402. The monoisotopic (exact) mass is 301 g/mol. The van der Waals surface area contributed by atoms with Crippen LogP contribution < -0.4 is 5.32 Å². The molecule has 0 aromatic rings. The predicted molar refractivity (Wildman–Crippen MR) is 85.5 cm³/mol. The fourth-order valence-corrected chi connectivity index (χ4v) is 5.23. The van der Waals surface area contributed by atoms with Crippen LogP contribution in [0.2, 0.25) is 0 Å². The molecule has 2 fully saturated rings. The van der Waals surface area contributed by atoms with Crippen molar-refractivity contribution in [2.24, 2.45) is 0 Å². The van der Waals surface area contributed by atoms with Crippen LogP contribution in [0.4, 0.5) is 0 Å². The van der Waals surface area contributed by atoms with Gasteiger partial charge in [0.2, 0.25) is 0 Å². The molecule has 1 aliphatic carbocycles. The Morgan fingerprint density at radius 1 is 1.25 bits per heavy atom. The zero-order chi connectivity index (χ0) is 15.0. The van der Waals surface area contributed by atoms with Gasteiger partial charge in [-0.3, -0.25) is 4.21 Å². The summed E-state index contributed by atoms with van der Waals surface area (Å²) in [5.41, 5.74) is -0.151. The van der Waals surface area contributed by atoms with Gasteiger partial charge in [-0.2, -0.15) is 0 Å². The van der Waals surface area contributed by atoms with Crippen LogP contribution in [0.1, 0.15) is 66.7 Å². The van der Waals surface area contributed by atoms with E-state index in [4.69, 9.17) is 4.74 Å². The number of nitrogens with one attached hydrogen (secondary N) is 1. The third kappa shape index (κ3) is 3.83. The highest BCUT2D eigenvalue weighted by molar-refractivity contribution is 7.85. The van der Waals surface area contributed by atoms with Gasteiger partial charge < -0.3 is 10.1 Å². The van der Waals surface area contributed by atoms with E-state index in [0.29, 0.717) is 17.3 Å². The molecule has 4 heteroatoms. The smallest absolute Gasteiger partial charge is 0.0787 e. The molecule has 4 unspecified atom stereocenters. The Kier molecular flexibility index (Phi) is 4.98. The standard InChI is InChI=1S/C16H31NO2S/c1-6-20(18)13-9-7-8-12(10-13)17-14-11-15(2,3)19-16(14,4)5/h12-14,17H,6-11H2,1-5H3. The van der Waals surface area contributed by atoms with E-state index in [1.54, 1.807) is 0 Å². The second-order valence-electron chi connectivity index (χ2n) is 7.54. The molecule has 2 rings (SSSR count). The summed E-state index contributed by atoms with van der Waals surface area (Å²) in [6.45, 7) is 10.7. The Morgan fingerprint density at radius 2 is 1.95 bits per heavy atom. The lowest BCUT2D eigenvalue weighted by molar-refractivity contribution is -0.0706. The van der Waals surface area contributed by atoms with Crippen LogP contribution in [0.5, 0.6) is 0 Å². The van der Waals surface area contributed by atoms with Crippen LogP contribution in [0.3, 0.4) is 0 Å². The molecule has 1 heterocycles. The molecule has 1 saturated carbocycles. The Hall–Kier alpha value is 0.0700. The van der Waals surface area contributed by atoms with Crippen molar-refractivity contribution in [3.05, 3.63) is 0 Å². The van der Waals surface area contributed by atoms with Crippen molar-refractivity contribution < 1.29 is 8.95 Å². The zero-order valence-corrected chi connectivity index (χ0v) is 14.5. The molecule has 0 spiro atoms. The summed E-state index contributed by atoms with van der Waals surface area (Å²) in [5.74, 6) is 0.794. The van der Waals surface area contributed by atoms with Gasteiger partial charge in [-0.1, -0.05) is 13.3 Å². The molecule has 0 bridgehead atoms. The quantitative estimate of drug-likeness (QED) is 0.867. The maximum absolute atomic E-state index is 12.0. The molecule has 4 atom stereocenters. The van der Waals surface area contributed by atoms with Crippen molar-refractivity contribution in [3.63, 3.8) is 0 Å². The lowest BCUT2D eigenvalue weighted by Gasteiger charge is -2.35. The first-order valence-electron chi connectivity index (χ1n) is 8.07. The van der Waals surface area contributed by atoms with Crippen molar-refractivity contribution in [2.45, 2.75) is 95.3 Å². The van der Waals surface area contributed by atoms with E-state index in [1.807, 2.05) is 6.92 Å². The first-order chi connectivity index (χ1) is 9.23. The Balaban J connectivity index is 1.94. The van der Waals surface area contributed by atoms with Crippen LogP contribution in [0.25, 0.3) is 0 Å². The number of rotatable bonds is 4. The maximum Gasteiger partial charge on any atom is 0.0787 e. The van der Waals surface area contributed by atoms with Gasteiger partial charge >= 0.3 is 0 Å². The summed E-state index contributed by atoms with van der Waals surface area (Å²) in [4.78, 5) is 0. The normalized spacial score (nSPS) is 37.8. The first-order valence-corrected chi connectivity index (χ1v) is 9.45. The molecule has 118 valence electrons. The zero-order valence-electron chi connectivity index (χ0n) is 13.7. The van der Waals surface area contributed by atoms with E-state index in [9.17, 15) is 4.21 Å². The maximum atomic E-state index is 12.0. The van der Waals surface area contributed by atoms with E-state index in [2.05, 4.69) is 33.0 Å². The molecule has 1 saturated heterocycles. The van der Waals surface area contributed by atoms with Crippen molar-refractivity contribution in [2.75, 3.05) is 5.75 Å². The van der Waals surface area contributed by atoms with Crippen LogP contribution in [-0.4, -0.2) is 38.5 Å². The van der Waals surface area contributed by atoms with Crippen LogP contribution in [0, 0.1) is 0 Å². The van der Waals surface area contributed by atoms with E-state index in [-0.39, 0.29) is 11.2 Å². The average Bonchev–Trinajstić information content (AvgIpc) is 2.56. The molecule has 2 aliphatic rings. The molecule has 0 aromatic carbocycles.